The predicted molar refractivity (Wildman–Crippen MR) is 137 cm³/mol. The highest BCUT2D eigenvalue weighted by Gasteiger charge is 2.16. The minimum Gasteiger partial charge on any atom is -0.493 e. The maximum Gasteiger partial charge on any atom is 0.248 e. The molecule has 0 radical (unpaired) electrons. The molecular weight excluding hydrogens is 443 g/mol. The van der Waals surface area contributed by atoms with Crippen LogP contribution in [-0.4, -0.2) is 17.5 Å². The standard InChI is InChI=1S/C29H23FN2O3/c1-3-34-27-16-28-23(24(17-35-28)19-9-11-20(30)12-10-19)15-22(27)18(2)14-29(33)32-26-8-4-7-25-21(26)6-5-13-31-25/h4-17H,3H2,1-2H3,(H,32,33)/b18-14+. The van der Waals surface area contributed by atoms with Crippen molar-refractivity contribution in [2.75, 3.05) is 11.9 Å². The summed E-state index contributed by atoms with van der Waals surface area (Å²) in [6.45, 7) is 4.23. The van der Waals surface area contributed by atoms with Gasteiger partial charge in [-0.3, -0.25) is 9.78 Å². The van der Waals surface area contributed by atoms with Crippen molar-refractivity contribution in [3.8, 4) is 16.9 Å². The molecule has 0 unspecified atom stereocenters. The Hall–Kier alpha value is -4.45. The van der Waals surface area contributed by atoms with Crippen LogP contribution in [0, 0.1) is 5.82 Å². The van der Waals surface area contributed by atoms with E-state index in [2.05, 4.69) is 10.3 Å². The summed E-state index contributed by atoms with van der Waals surface area (Å²) in [7, 11) is 0. The Morgan fingerprint density at radius 3 is 2.71 bits per heavy atom. The van der Waals surface area contributed by atoms with E-state index in [-0.39, 0.29) is 11.7 Å². The quantitative estimate of drug-likeness (QED) is 0.268. The van der Waals surface area contributed by atoms with Gasteiger partial charge in [-0.15, -0.1) is 0 Å². The van der Waals surface area contributed by atoms with E-state index in [1.165, 1.54) is 12.1 Å². The zero-order valence-electron chi connectivity index (χ0n) is 19.3. The van der Waals surface area contributed by atoms with Gasteiger partial charge in [-0.05, 0) is 67.4 Å². The van der Waals surface area contributed by atoms with Crippen molar-refractivity contribution < 1.29 is 18.3 Å². The number of fused-ring (bicyclic) bond motifs is 2. The number of carbonyl (C=O) groups excluding carboxylic acids is 1. The lowest BCUT2D eigenvalue weighted by Crippen LogP contribution is -2.09. The molecule has 1 amide bonds. The summed E-state index contributed by atoms with van der Waals surface area (Å²) < 4.78 is 25.1. The molecule has 0 aliphatic rings. The number of anilines is 1. The molecule has 0 fully saturated rings. The van der Waals surface area contributed by atoms with E-state index in [0.29, 0.717) is 23.6 Å². The van der Waals surface area contributed by atoms with E-state index < -0.39 is 0 Å². The molecule has 0 saturated heterocycles. The van der Waals surface area contributed by atoms with Gasteiger partial charge in [-0.1, -0.05) is 18.2 Å². The number of aromatic nitrogens is 1. The molecule has 5 rings (SSSR count). The van der Waals surface area contributed by atoms with Gasteiger partial charge in [0, 0.05) is 40.2 Å². The van der Waals surface area contributed by atoms with Crippen LogP contribution in [0.1, 0.15) is 19.4 Å². The maximum atomic E-state index is 13.4. The lowest BCUT2D eigenvalue weighted by atomic mass is 9.99. The van der Waals surface area contributed by atoms with Crippen LogP contribution in [0.25, 0.3) is 38.6 Å². The fourth-order valence-corrected chi connectivity index (χ4v) is 4.15. The first-order valence-corrected chi connectivity index (χ1v) is 11.3. The van der Waals surface area contributed by atoms with Crippen molar-refractivity contribution in [3.05, 3.63) is 96.6 Å². The summed E-state index contributed by atoms with van der Waals surface area (Å²) in [6, 6.07) is 19.4. The number of rotatable bonds is 6. The second-order valence-electron chi connectivity index (χ2n) is 8.13. The minimum atomic E-state index is -0.298. The SMILES string of the molecule is CCOc1cc2occ(-c3ccc(F)cc3)c2cc1/C(C)=C/C(=O)Nc1cccc2ncccc12. The fraction of sp³-hybridized carbons (Fsp3) is 0.103. The molecule has 0 saturated carbocycles. The van der Waals surface area contributed by atoms with E-state index in [4.69, 9.17) is 9.15 Å². The van der Waals surface area contributed by atoms with Crippen LogP contribution in [0.4, 0.5) is 10.1 Å². The number of nitrogens with zero attached hydrogens (tertiary/aromatic N) is 1. The topological polar surface area (TPSA) is 64.4 Å². The molecule has 3 aromatic carbocycles. The van der Waals surface area contributed by atoms with Crippen molar-refractivity contribution >= 4 is 39.0 Å². The van der Waals surface area contributed by atoms with E-state index in [1.54, 1.807) is 30.7 Å². The molecule has 35 heavy (non-hydrogen) atoms. The number of pyridine rings is 1. The van der Waals surface area contributed by atoms with Crippen LogP contribution in [-0.2, 0) is 4.79 Å². The number of benzene rings is 3. The Balaban J connectivity index is 1.52. The zero-order valence-corrected chi connectivity index (χ0v) is 19.3. The molecule has 2 heterocycles. The molecular formula is C29H23FN2O3. The Morgan fingerprint density at radius 2 is 1.91 bits per heavy atom. The van der Waals surface area contributed by atoms with Crippen molar-refractivity contribution in [1.29, 1.82) is 0 Å². The monoisotopic (exact) mass is 466 g/mol. The number of ether oxygens (including phenoxy) is 1. The van der Waals surface area contributed by atoms with Gasteiger partial charge in [0.15, 0.2) is 0 Å². The summed E-state index contributed by atoms with van der Waals surface area (Å²) in [5.74, 6) is 0.0657. The summed E-state index contributed by atoms with van der Waals surface area (Å²) in [4.78, 5) is 17.3. The number of nitrogens with one attached hydrogen (secondary N) is 1. The molecule has 2 aromatic heterocycles. The molecule has 0 aliphatic carbocycles. The van der Waals surface area contributed by atoms with Gasteiger partial charge in [0.05, 0.1) is 24.1 Å². The molecule has 0 spiro atoms. The number of carbonyl (C=O) groups is 1. The molecule has 1 N–H and O–H groups in total. The molecule has 5 nitrogen and oxygen atoms in total. The van der Waals surface area contributed by atoms with Gasteiger partial charge in [-0.25, -0.2) is 4.39 Å². The number of allylic oxidation sites excluding steroid dienone is 1. The van der Waals surface area contributed by atoms with E-state index in [1.807, 2.05) is 56.3 Å². The van der Waals surface area contributed by atoms with Crippen LogP contribution >= 0.6 is 0 Å². The molecule has 0 bridgehead atoms. The molecule has 6 heteroatoms. The Bertz CT molecular complexity index is 1560. The molecule has 174 valence electrons. The number of halogens is 1. The van der Waals surface area contributed by atoms with Crippen molar-refractivity contribution in [1.82, 2.24) is 4.98 Å². The van der Waals surface area contributed by atoms with Gasteiger partial charge in [-0.2, -0.15) is 0 Å². The van der Waals surface area contributed by atoms with E-state index in [9.17, 15) is 9.18 Å². The van der Waals surface area contributed by atoms with Crippen molar-refractivity contribution in [2.45, 2.75) is 13.8 Å². The molecule has 0 atom stereocenters. The van der Waals surface area contributed by atoms with Crippen molar-refractivity contribution in [2.24, 2.45) is 0 Å². The minimum absolute atomic E-state index is 0.257. The van der Waals surface area contributed by atoms with Gasteiger partial charge >= 0.3 is 0 Å². The Kier molecular flexibility index (Phi) is 6.02. The highest BCUT2D eigenvalue weighted by Crippen LogP contribution is 2.37. The smallest absolute Gasteiger partial charge is 0.248 e. The number of hydrogen-bond donors (Lipinski definition) is 1. The first-order valence-electron chi connectivity index (χ1n) is 11.3. The Labute approximate surface area is 201 Å². The highest BCUT2D eigenvalue weighted by molar-refractivity contribution is 6.09. The lowest BCUT2D eigenvalue weighted by Gasteiger charge is -2.12. The van der Waals surface area contributed by atoms with Crippen molar-refractivity contribution in [3.63, 3.8) is 0 Å². The third kappa shape index (κ3) is 4.51. The number of amides is 1. The Morgan fingerprint density at radius 1 is 1.09 bits per heavy atom. The number of hydrogen-bond acceptors (Lipinski definition) is 4. The molecule has 0 aliphatic heterocycles. The van der Waals surface area contributed by atoms with Crippen LogP contribution in [0.2, 0.25) is 0 Å². The maximum absolute atomic E-state index is 13.4. The summed E-state index contributed by atoms with van der Waals surface area (Å²) in [5, 5.41) is 4.68. The van der Waals surface area contributed by atoms with Gasteiger partial charge in [0.1, 0.15) is 17.1 Å². The van der Waals surface area contributed by atoms with Gasteiger partial charge < -0.3 is 14.5 Å². The third-order valence-electron chi connectivity index (χ3n) is 5.81. The zero-order chi connectivity index (χ0) is 24.4. The number of furan rings is 1. The normalized spacial score (nSPS) is 11.7. The average Bonchev–Trinajstić information content (AvgIpc) is 3.27. The predicted octanol–water partition coefficient (Wildman–Crippen LogP) is 7.23. The third-order valence-corrected chi connectivity index (χ3v) is 5.81. The first kappa shape index (κ1) is 22.3. The second kappa shape index (κ2) is 9.43. The summed E-state index contributed by atoms with van der Waals surface area (Å²) in [6.07, 6.45) is 4.92. The summed E-state index contributed by atoms with van der Waals surface area (Å²) in [5.41, 5.74) is 5.34. The van der Waals surface area contributed by atoms with Crippen LogP contribution in [0.3, 0.4) is 0 Å². The van der Waals surface area contributed by atoms with Gasteiger partial charge in [0.2, 0.25) is 5.91 Å². The van der Waals surface area contributed by atoms with Crippen LogP contribution < -0.4 is 10.1 Å². The van der Waals surface area contributed by atoms with E-state index in [0.717, 1.165) is 38.6 Å². The first-order chi connectivity index (χ1) is 17.0. The second-order valence-corrected chi connectivity index (χ2v) is 8.13. The average molecular weight is 467 g/mol. The summed E-state index contributed by atoms with van der Waals surface area (Å²) >= 11 is 0. The highest BCUT2D eigenvalue weighted by atomic mass is 19.1. The molecule has 5 aromatic rings. The van der Waals surface area contributed by atoms with Crippen LogP contribution in [0.5, 0.6) is 5.75 Å². The van der Waals surface area contributed by atoms with E-state index >= 15 is 0 Å². The van der Waals surface area contributed by atoms with Gasteiger partial charge in [0.25, 0.3) is 0 Å². The van der Waals surface area contributed by atoms with Crippen LogP contribution in [0.15, 0.2) is 89.7 Å². The lowest BCUT2D eigenvalue weighted by molar-refractivity contribution is -0.111. The fourth-order valence-electron chi connectivity index (χ4n) is 4.15. The largest absolute Gasteiger partial charge is 0.493 e.